The summed E-state index contributed by atoms with van der Waals surface area (Å²) >= 11 is 0. The third-order valence-electron chi connectivity index (χ3n) is 4.38. The van der Waals surface area contributed by atoms with Crippen molar-refractivity contribution in [3.8, 4) is 0 Å². The first kappa shape index (κ1) is 15.0. The van der Waals surface area contributed by atoms with Gasteiger partial charge in [0, 0.05) is 19.1 Å². The molecule has 1 aliphatic heterocycles. The van der Waals surface area contributed by atoms with Crippen LogP contribution in [0.15, 0.2) is 30.3 Å². The van der Waals surface area contributed by atoms with E-state index in [1.54, 1.807) is 0 Å². The number of amides is 1. The standard InChI is InChI=1S/C17H26N2O/c1-13-8-9-19(14(2)10-13)17(20)16(12-18)11-15-6-4-3-5-7-15/h3-7,13-14,16H,8-12,18H2,1-2H3. The highest BCUT2D eigenvalue weighted by atomic mass is 16.2. The zero-order chi connectivity index (χ0) is 14.5. The smallest absolute Gasteiger partial charge is 0.227 e. The number of piperidine rings is 1. The van der Waals surface area contributed by atoms with Crippen molar-refractivity contribution in [3.05, 3.63) is 35.9 Å². The van der Waals surface area contributed by atoms with Crippen LogP contribution in [0.3, 0.4) is 0 Å². The van der Waals surface area contributed by atoms with Crippen molar-refractivity contribution in [2.45, 2.75) is 39.2 Å². The van der Waals surface area contributed by atoms with Gasteiger partial charge in [-0.15, -0.1) is 0 Å². The average Bonchev–Trinajstić information content (AvgIpc) is 2.45. The van der Waals surface area contributed by atoms with Gasteiger partial charge in [-0.25, -0.2) is 0 Å². The molecule has 1 aliphatic rings. The zero-order valence-corrected chi connectivity index (χ0v) is 12.6. The summed E-state index contributed by atoms with van der Waals surface area (Å²) in [6, 6.07) is 10.5. The maximum atomic E-state index is 12.7. The van der Waals surface area contributed by atoms with Gasteiger partial charge in [0.2, 0.25) is 5.91 Å². The van der Waals surface area contributed by atoms with Crippen LogP contribution in [0.5, 0.6) is 0 Å². The average molecular weight is 274 g/mol. The first-order valence-corrected chi connectivity index (χ1v) is 7.66. The van der Waals surface area contributed by atoms with Gasteiger partial charge in [0.15, 0.2) is 0 Å². The van der Waals surface area contributed by atoms with Gasteiger partial charge < -0.3 is 10.6 Å². The van der Waals surface area contributed by atoms with Crippen molar-refractivity contribution in [2.75, 3.05) is 13.1 Å². The fourth-order valence-corrected chi connectivity index (χ4v) is 3.14. The Labute approximate surface area is 122 Å². The van der Waals surface area contributed by atoms with Crippen LogP contribution in [0.1, 0.15) is 32.3 Å². The fourth-order valence-electron chi connectivity index (χ4n) is 3.14. The van der Waals surface area contributed by atoms with Crippen molar-refractivity contribution in [3.63, 3.8) is 0 Å². The molecule has 1 fully saturated rings. The molecule has 0 radical (unpaired) electrons. The lowest BCUT2D eigenvalue weighted by molar-refractivity contribution is -0.139. The number of hydrogen-bond acceptors (Lipinski definition) is 2. The second kappa shape index (κ2) is 6.89. The van der Waals surface area contributed by atoms with Crippen LogP contribution < -0.4 is 5.73 Å². The van der Waals surface area contributed by atoms with Crippen LogP contribution in [-0.4, -0.2) is 29.9 Å². The molecule has 0 bridgehead atoms. The van der Waals surface area contributed by atoms with E-state index in [-0.39, 0.29) is 11.8 Å². The van der Waals surface area contributed by atoms with Crippen molar-refractivity contribution in [2.24, 2.45) is 17.6 Å². The summed E-state index contributed by atoms with van der Waals surface area (Å²) in [5, 5.41) is 0. The van der Waals surface area contributed by atoms with Crippen molar-refractivity contribution in [1.29, 1.82) is 0 Å². The fraction of sp³-hybridized carbons (Fsp3) is 0.588. The van der Waals surface area contributed by atoms with Gasteiger partial charge in [0.1, 0.15) is 0 Å². The molecule has 1 aromatic rings. The number of carbonyl (C=O) groups excluding carboxylic acids is 1. The highest BCUT2D eigenvalue weighted by Gasteiger charge is 2.30. The zero-order valence-electron chi connectivity index (χ0n) is 12.6. The predicted molar refractivity (Wildman–Crippen MR) is 82.3 cm³/mol. The molecule has 2 rings (SSSR count). The maximum Gasteiger partial charge on any atom is 0.227 e. The highest BCUT2D eigenvalue weighted by Crippen LogP contribution is 2.24. The number of nitrogens with two attached hydrogens (primary N) is 1. The second-order valence-electron chi connectivity index (χ2n) is 6.13. The molecule has 3 nitrogen and oxygen atoms in total. The Hall–Kier alpha value is -1.35. The molecular formula is C17H26N2O. The van der Waals surface area contributed by atoms with E-state index in [1.807, 2.05) is 23.1 Å². The summed E-state index contributed by atoms with van der Waals surface area (Å²) < 4.78 is 0. The number of benzene rings is 1. The van der Waals surface area contributed by atoms with E-state index in [1.165, 1.54) is 5.56 Å². The lowest BCUT2D eigenvalue weighted by Crippen LogP contribution is -2.48. The third-order valence-corrected chi connectivity index (χ3v) is 4.38. The van der Waals surface area contributed by atoms with Crippen LogP contribution in [0.2, 0.25) is 0 Å². The van der Waals surface area contributed by atoms with E-state index in [0.717, 1.165) is 31.7 Å². The van der Waals surface area contributed by atoms with Crippen molar-refractivity contribution < 1.29 is 4.79 Å². The van der Waals surface area contributed by atoms with Crippen molar-refractivity contribution in [1.82, 2.24) is 4.90 Å². The molecular weight excluding hydrogens is 248 g/mol. The van der Waals surface area contributed by atoms with Crippen LogP contribution in [0.4, 0.5) is 0 Å². The minimum Gasteiger partial charge on any atom is -0.340 e. The molecule has 3 heteroatoms. The Kier molecular flexibility index (Phi) is 5.18. The molecule has 1 amide bonds. The van der Waals surface area contributed by atoms with Gasteiger partial charge in [-0.2, -0.15) is 0 Å². The second-order valence-corrected chi connectivity index (χ2v) is 6.13. The van der Waals surface area contributed by atoms with Gasteiger partial charge in [0.25, 0.3) is 0 Å². The monoisotopic (exact) mass is 274 g/mol. The largest absolute Gasteiger partial charge is 0.340 e. The molecule has 0 aliphatic carbocycles. The molecule has 2 N–H and O–H groups in total. The summed E-state index contributed by atoms with van der Waals surface area (Å²) in [6.45, 7) is 5.73. The Morgan fingerprint density at radius 3 is 2.65 bits per heavy atom. The Balaban J connectivity index is 2.02. The van der Waals surface area contributed by atoms with Crippen LogP contribution in [0.25, 0.3) is 0 Å². The quantitative estimate of drug-likeness (QED) is 0.916. The van der Waals surface area contributed by atoms with Gasteiger partial charge in [0.05, 0.1) is 5.92 Å². The molecule has 110 valence electrons. The topological polar surface area (TPSA) is 46.3 Å². The normalized spacial score (nSPS) is 24.4. The Morgan fingerprint density at radius 1 is 1.35 bits per heavy atom. The van der Waals surface area contributed by atoms with Crippen LogP contribution in [0, 0.1) is 11.8 Å². The number of nitrogens with zero attached hydrogens (tertiary/aromatic N) is 1. The molecule has 3 atom stereocenters. The van der Waals surface area contributed by atoms with Crippen LogP contribution in [-0.2, 0) is 11.2 Å². The number of rotatable bonds is 4. The van der Waals surface area contributed by atoms with Crippen LogP contribution >= 0.6 is 0 Å². The number of likely N-dealkylation sites (tertiary alicyclic amines) is 1. The first-order valence-electron chi connectivity index (χ1n) is 7.66. The summed E-state index contributed by atoms with van der Waals surface area (Å²) in [4.78, 5) is 14.7. The molecule has 0 spiro atoms. The highest BCUT2D eigenvalue weighted by molar-refractivity contribution is 5.79. The third kappa shape index (κ3) is 3.60. The molecule has 1 saturated heterocycles. The van der Waals surface area contributed by atoms with Gasteiger partial charge >= 0.3 is 0 Å². The molecule has 0 saturated carbocycles. The molecule has 1 heterocycles. The van der Waals surface area contributed by atoms with Gasteiger partial charge in [-0.3, -0.25) is 4.79 Å². The van der Waals surface area contributed by atoms with Gasteiger partial charge in [-0.1, -0.05) is 37.3 Å². The number of carbonyl (C=O) groups is 1. The number of hydrogen-bond donors (Lipinski definition) is 1. The SMILES string of the molecule is CC1CCN(C(=O)C(CN)Cc2ccccc2)C(C)C1. The van der Waals surface area contributed by atoms with Gasteiger partial charge in [-0.05, 0) is 37.7 Å². The van der Waals surface area contributed by atoms with E-state index < -0.39 is 0 Å². The van der Waals surface area contributed by atoms with E-state index in [0.29, 0.717) is 12.6 Å². The van der Waals surface area contributed by atoms with E-state index in [2.05, 4.69) is 26.0 Å². The Bertz CT molecular complexity index is 432. The Morgan fingerprint density at radius 2 is 2.05 bits per heavy atom. The molecule has 20 heavy (non-hydrogen) atoms. The lowest BCUT2D eigenvalue weighted by atomic mass is 9.90. The van der Waals surface area contributed by atoms with E-state index >= 15 is 0 Å². The lowest BCUT2D eigenvalue weighted by Gasteiger charge is -2.38. The summed E-state index contributed by atoms with van der Waals surface area (Å²) in [6.07, 6.45) is 2.96. The van der Waals surface area contributed by atoms with E-state index in [9.17, 15) is 4.79 Å². The van der Waals surface area contributed by atoms with Crippen molar-refractivity contribution >= 4 is 5.91 Å². The summed E-state index contributed by atoms with van der Waals surface area (Å²) in [5.74, 6) is 0.864. The minimum atomic E-state index is -0.0896. The predicted octanol–water partition coefficient (Wildman–Crippen LogP) is 2.45. The minimum absolute atomic E-state index is 0.0896. The summed E-state index contributed by atoms with van der Waals surface area (Å²) in [7, 11) is 0. The molecule has 3 unspecified atom stereocenters. The molecule has 1 aromatic carbocycles. The van der Waals surface area contributed by atoms with E-state index in [4.69, 9.17) is 5.73 Å². The maximum absolute atomic E-state index is 12.7. The molecule has 0 aromatic heterocycles. The first-order chi connectivity index (χ1) is 9.61. The summed E-state index contributed by atoms with van der Waals surface area (Å²) in [5.41, 5.74) is 7.04.